The summed E-state index contributed by atoms with van der Waals surface area (Å²) in [7, 11) is -3.17. The third-order valence-corrected chi connectivity index (χ3v) is 3.80. The largest absolute Gasteiger partial charge is 0.377 e. The first-order chi connectivity index (χ1) is 8.08. The van der Waals surface area contributed by atoms with Crippen molar-refractivity contribution in [1.29, 1.82) is 0 Å². The molecule has 102 valence electrons. The van der Waals surface area contributed by atoms with Crippen LogP contribution in [0.2, 0.25) is 0 Å². The van der Waals surface area contributed by atoms with Crippen LogP contribution in [0.1, 0.15) is 33.1 Å². The summed E-state index contributed by atoms with van der Waals surface area (Å²) in [5.74, 6) is -0.368. The lowest BCUT2D eigenvalue weighted by atomic mass is 10.5. The Kier molecular flexibility index (Phi) is 9.36. The highest BCUT2D eigenvalue weighted by atomic mass is 31.2. The number of carbonyl (C=O) groups excluding carboxylic acids is 1. The fourth-order valence-corrected chi connectivity index (χ4v) is 2.77. The van der Waals surface area contributed by atoms with E-state index in [9.17, 15) is 9.36 Å². The number of amides is 1. The number of rotatable bonds is 10. The molecule has 0 aliphatic rings. The van der Waals surface area contributed by atoms with E-state index in [1.165, 1.54) is 0 Å². The number of carbonyl (C=O) groups is 1. The molecule has 7 heteroatoms. The van der Waals surface area contributed by atoms with E-state index in [2.05, 4.69) is 5.32 Å². The van der Waals surface area contributed by atoms with Gasteiger partial charge in [-0.25, -0.2) is 0 Å². The van der Waals surface area contributed by atoms with E-state index >= 15 is 0 Å². The molecule has 0 unspecified atom stereocenters. The fraction of sp³-hybridized carbons (Fsp3) is 0.900. The topological polar surface area (TPSA) is 84.9 Å². The molecular formula is C10H22NO5P. The van der Waals surface area contributed by atoms with E-state index < -0.39 is 14.3 Å². The van der Waals surface area contributed by atoms with E-state index in [4.69, 9.17) is 14.2 Å². The molecule has 0 aromatic rings. The maximum absolute atomic E-state index is 12.2. The highest BCUT2D eigenvalue weighted by Crippen LogP contribution is 2.48. The first kappa shape index (κ1) is 16.6. The maximum Gasteiger partial charge on any atom is 0.331 e. The van der Waals surface area contributed by atoms with Crippen LogP contribution in [0.15, 0.2) is 0 Å². The fourth-order valence-electron chi connectivity index (χ4n) is 1.04. The van der Waals surface area contributed by atoms with Gasteiger partial charge in [0.1, 0.15) is 6.73 Å². The van der Waals surface area contributed by atoms with Crippen molar-refractivity contribution in [2.24, 2.45) is 0 Å². The van der Waals surface area contributed by atoms with Crippen molar-refractivity contribution in [3.05, 3.63) is 0 Å². The van der Waals surface area contributed by atoms with Gasteiger partial charge in [0.25, 0.3) is 0 Å². The summed E-state index contributed by atoms with van der Waals surface area (Å²) in [5.41, 5.74) is 0. The summed E-state index contributed by atoms with van der Waals surface area (Å²) in [6.07, 6.45) is 1.54. The molecule has 0 aromatic carbocycles. The van der Waals surface area contributed by atoms with E-state index in [1.54, 1.807) is 0 Å². The van der Waals surface area contributed by atoms with Gasteiger partial charge < -0.3 is 19.5 Å². The summed E-state index contributed by atoms with van der Waals surface area (Å²) >= 11 is 0. The lowest BCUT2D eigenvalue weighted by Crippen LogP contribution is -2.24. The van der Waals surface area contributed by atoms with Crippen molar-refractivity contribution in [3.63, 3.8) is 0 Å². The van der Waals surface area contributed by atoms with Gasteiger partial charge in [0, 0.05) is 6.42 Å². The smallest absolute Gasteiger partial charge is 0.331 e. The summed E-state index contributed by atoms with van der Waals surface area (Å²) in [6, 6.07) is 0. The molecule has 0 rings (SSSR count). The van der Waals surface area contributed by atoms with Crippen LogP contribution in [-0.4, -0.2) is 37.1 Å². The van der Waals surface area contributed by atoms with Crippen molar-refractivity contribution < 1.29 is 23.5 Å². The Hall–Kier alpha value is -0.420. The molecule has 0 aromatic heterocycles. The number of hydrogen-bond acceptors (Lipinski definition) is 5. The Morgan fingerprint density at radius 2 is 1.76 bits per heavy atom. The van der Waals surface area contributed by atoms with E-state index in [0.29, 0.717) is 13.2 Å². The van der Waals surface area contributed by atoms with Crippen molar-refractivity contribution in [1.82, 2.24) is 5.32 Å². The van der Waals surface area contributed by atoms with Crippen LogP contribution >= 0.6 is 7.60 Å². The minimum Gasteiger partial charge on any atom is -0.377 e. The van der Waals surface area contributed by atoms with Crippen molar-refractivity contribution in [3.8, 4) is 0 Å². The Labute approximate surface area is 102 Å². The van der Waals surface area contributed by atoms with Gasteiger partial charge >= 0.3 is 7.60 Å². The van der Waals surface area contributed by atoms with Crippen LogP contribution in [-0.2, 0) is 18.4 Å². The molecule has 17 heavy (non-hydrogen) atoms. The van der Waals surface area contributed by atoms with Gasteiger partial charge in [0.15, 0.2) is 0 Å². The lowest BCUT2D eigenvalue weighted by Gasteiger charge is -2.17. The number of hydrogen-bond donors (Lipinski definition) is 2. The van der Waals surface area contributed by atoms with E-state index in [1.807, 2.05) is 13.8 Å². The van der Waals surface area contributed by atoms with Crippen LogP contribution in [0, 0.1) is 0 Å². The van der Waals surface area contributed by atoms with Gasteiger partial charge in [0.05, 0.1) is 19.4 Å². The molecule has 0 atom stereocenters. The first-order valence-corrected chi connectivity index (χ1v) is 7.56. The molecule has 0 heterocycles. The Bertz CT molecular complexity index is 247. The Balaban J connectivity index is 4.17. The number of aliphatic hydroxyl groups is 1. The predicted molar refractivity (Wildman–Crippen MR) is 64.8 cm³/mol. The minimum atomic E-state index is -3.17. The van der Waals surface area contributed by atoms with Crippen molar-refractivity contribution >= 4 is 13.5 Å². The van der Waals surface area contributed by atoms with Crippen LogP contribution in [0.4, 0.5) is 0 Å². The second-order valence-corrected chi connectivity index (χ2v) is 5.69. The molecule has 0 aliphatic heterocycles. The normalized spacial score (nSPS) is 11.5. The van der Waals surface area contributed by atoms with Gasteiger partial charge in [0.2, 0.25) is 5.91 Å². The quantitative estimate of drug-likeness (QED) is 0.462. The molecule has 0 saturated heterocycles. The maximum atomic E-state index is 12.2. The molecule has 1 amide bonds. The zero-order valence-corrected chi connectivity index (χ0v) is 11.4. The molecular weight excluding hydrogens is 245 g/mol. The van der Waals surface area contributed by atoms with Crippen LogP contribution in [0.5, 0.6) is 0 Å². The predicted octanol–water partition coefficient (Wildman–Crippen LogP) is 1.49. The van der Waals surface area contributed by atoms with E-state index in [-0.39, 0.29) is 18.5 Å². The van der Waals surface area contributed by atoms with Crippen LogP contribution in [0.3, 0.4) is 0 Å². The zero-order chi connectivity index (χ0) is 13.1. The van der Waals surface area contributed by atoms with Gasteiger partial charge in [-0.15, -0.1) is 0 Å². The summed E-state index contributed by atoms with van der Waals surface area (Å²) in [4.78, 5) is 11.1. The SMILES string of the molecule is CCCOP(=O)(CCC(=O)NCO)OCCC. The molecule has 2 N–H and O–H groups in total. The van der Waals surface area contributed by atoms with Gasteiger partial charge in [-0.2, -0.15) is 0 Å². The van der Waals surface area contributed by atoms with Gasteiger partial charge in [-0.3, -0.25) is 9.36 Å². The molecule has 0 fully saturated rings. The average molecular weight is 267 g/mol. The van der Waals surface area contributed by atoms with Gasteiger partial charge in [-0.05, 0) is 12.8 Å². The van der Waals surface area contributed by atoms with Crippen molar-refractivity contribution in [2.45, 2.75) is 33.1 Å². The average Bonchev–Trinajstić information content (AvgIpc) is 2.32. The van der Waals surface area contributed by atoms with Crippen LogP contribution < -0.4 is 5.32 Å². The van der Waals surface area contributed by atoms with Crippen LogP contribution in [0.25, 0.3) is 0 Å². The van der Waals surface area contributed by atoms with Crippen molar-refractivity contribution in [2.75, 3.05) is 26.1 Å². The molecule has 0 radical (unpaired) electrons. The molecule has 0 bridgehead atoms. The molecule has 0 aliphatic carbocycles. The Morgan fingerprint density at radius 1 is 1.24 bits per heavy atom. The highest BCUT2D eigenvalue weighted by Gasteiger charge is 2.25. The van der Waals surface area contributed by atoms with Gasteiger partial charge in [-0.1, -0.05) is 13.8 Å². The summed E-state index contributed by atoms with van der Waals surface area (Å²) < 4.78 is 22.6. The number of nitrogens with one attached hydrogen (secondary N) is 1. The highest BCUT2D eigenvalue weighted by molar-refractivity contribution is 7.53. The zero-order valence-electron chi connectivity index (χ0n) is 10.5. The van der Waals surface area contributed by atoms with E-state index in [0.717, 1.165) is 12.8 Å². The minimum absolute atomic E-state index is 0.0191. The number of aliphatic hydroxyl groups excluding tert-OH is 1. The standard InChI is InChI=1S/C10H22NO5P/c1-3-6-15-17(14,16-7-4-2)8-5-10(13)11-9-12/h12H,3-9H2,1-2H3,(H,11,13). The summed E-state index contributed by atoms with van der Waals surface area (Å²) in [6.45, 7) is 4.09. The second-order valence-electron chi connectivity index (χ2n) is 3.51. The third-order valence-electron chi connectivity index (χ3n) is 1.87. The molecule has 0 saturated carbocycles. The first-order valence-electron chi connectivity index (χ1n) is 5.83. The monoisotopic (exact) mass is 267 g/mol. The third kappa shape index (κ3) is 8.32. The lowest BCUT2D eigenvalue weighted by molar-refractivity contribution is -0.121. The molecule has 6 nitrogen and oxygen atoms in total. The summed E-state index contributed by atoms with van der Waals surface area (Å²) in [5, 5.41) is 10.7. The second kappa shape index (κ2) is 9.59. The Morgan fingerprint density at radius 3 is 2.18 bits per heavy atom. The molecule has 0 spiro atoms.